The van der Waals surface area contributed by atoms with E-state index in [2.05, 4.69) is 3.80 Å². The van der Waals surface area contributed by atoms with Crippen molar-refractivity contribution in [3.63, 3.8) is 0 Å². The first-order valence-electron chi connectivity index (χ1n) is 6.31. The molecule has 1 N–H and O–H groups in total. The molecule has 1 rings (SSSR count). The minimum atomic E-state index is 0.259. The quantitative estimate of drug-likeness (QED) is 0.705. The van der Waals surface area contributed by atoms with Crippen LogP contribution in [0.3, 0.4) is 0 Å². The fourth-order valence-corrected chi connectivity index (χ4v) is 2.67. The summed E-state index contributed by atoms with van der Waals surface area (Å²) in [4.78, 5) is 11.6. The Labute approximate surface area is 105 Å². The van der Waals surface area contributed by atoms with Gasteiger partial charge in [0, 0.05) is 0 Å². The van der Waals surface area contributed by atoms with Crippen molar-refractivity contribution in [2.45, 2.75) is 64.2 Å². The molecule has 15 heavy (non-hydrogen) atoms. The molecule has 0 spiro atoms. The van der Waals surface area contributed by atoms with Gasteiger partial charge in [0.2, 0.25) is 0 Å². The van der Waals surface area contributed by atoms with Gasteiger partial charge in [0.25, 0.3) is 0 Å². The van der Waals surface area contributed by atoms with Gasteiger partial charge in [-0.05, 0) is 0 Å². The van der Waals surface area contributed by atoms with Crippen LogP contribution in [0.4, 0.5) is 0 Å². The Balaban J connectivity index is 2.35. The van der Waals surface area contributed by atoms with E-state index in [1.54, 1.807) is 20.7 Å². The van der Waals surface area contributed by atoms with Gasteiger partial charge in [-0.25, -0.2) is 0 Å². The predicted molar refractivity (Wildman–Crippen MR) is 57.8 cm³/mol. The van der Waals surface area contributed by atoms with Crippen LogP contribution in [0.1, 0.15) is 64.2 Å². The molecule has 0 radical (unpaired) electrons. The molecular weight excluding hydrogens is 222 g/mol. The second-order valence-electron chi connectivity index (χ2n) is 4.59. The molecule has 0 atom stereocenters. The third-order valence-electron chi connectivity index (χ3n) is 3.35. The zero-order valence-electron chi connectivity index (χ0n) is 9.56. The molecule has 1 aliphatic rings. The zero-order valence-corrected chi connectivity index (χ0v) is 11.1. The van der Waals surface area contributed by atoms with Gasteiger partial charge in [-0.2, -0.15) is 0 Å². The fraction of sp³-hybridized carbons (Fsp3) is 0.917. The SMILES string of the molecule is O=C([NH][Ti])C1CCCCCCCCCC1. The number of nitrogens with one attached hydrogen (secondary N) is 1. The standard InChI is InChI=1S/C12H23NO.Ti/c13-12(14)11-9-7-5-3-1-2-4-6-8-10-11;/h11H,1-10H2,(H2,13,14);/q;+1/p-1. The second kappa shape index (κ2) is 8.35. The molecule has 0 saturated heterocycles. The van der Waals surface area contributed by atoms with E-state index in [1.165, 1.54) is 51.4 Å². The molecule has 0 aliphatic heterocycles. The molecule has 2 nitrogen and oxygen atoms in total. The van der Waals surface area contributed by atoms with E-state index in [-0.39, 0.29) is 11.8 Å². The number of amides is 1. The van der Waals surface area contributed by atoms with Crippen LogP contribution in [0.2, 0.25) is 0 Å². The molecule has 0 bridgehead atoms. The molecule has 0 unspecified atom stereocenters. The van der Waals surface area contributed by atoms with Crippen molar-refractivity contribution in [1.82, 2.24) is 3.80 Å². The fourth-order valence-electron chi connectivity index (χ4n) is 2.35. The third-order valence-corrected chi connectivity index (χ3v) is 3.73. The first-order chi connectivity index (χ1) is 7.34. The maximum atomic E-state index is 11.6. The summed E-state index contributed by atoms with van der Waals surface area (Å²) in [6, 6.07) is 0. The molecule has 3 heteroatoms. The molecule has 0 heterocycles. The summed E-state index contributed by atoms with van der Waals surface area (Å²) >= 11 is 1.76. The van der Waals surface area contributed by atoms with Crippen LogP contribution in [0.25, 0.3) is 0 Å². The van der Waals surface area contributed by atoms with Crippen LogP contribution >= 0.6 is 0 Å². The topological polar surface area (TPSA) is 29.1 Å². The van der Waals surface area contributed by atoms with Gasteiger partial charge in [0.15, 0.2) is 0 Å². The number of rotatable bonds is 1. The van der Waals surface area contributed by atoms with Gasteiger partial charge in [0.05, 0.1) is 0 Å². The second-order valence-corrected chi connectivity index (χ2v) is 4.98. The first-order valence-corrected chi connectivity index (χ1v) is 7.09. The van der Waals surface area contributed by atoms with Gasteiger partial charge in [-0.1, -0.05) is 0 Å². The van der Waals surface area contributed by atoms with Crippen LogP contribution in [0, 0.1) is 5.92 Å². The van der Waals surface area contributed by atoms with E-state index in [0.29, 0.717) is 0 Å². The molecule has 0 aromatic rings. The van der Waals surface area contributed by atoms with Crippen LogP contribution < -0.4 is 3.80 Å². The van der Waals surface area contributed by atoms with Crippen molar-refractivity contribution < 1.29 is 25.5 Å². The van der Waals surface area contributed by atoms with Crippen molar-refractivity contribution in [2.24, 2.45) is 5.92 Å². The Bertz CT molecular complexity index is 172. The van der Waals surface area contributed by atoms with Gasteiger partial charge < -0.3 is 0 Å². The molecule has 0 aromatic carbocycles. The van der Waals surface area contributed by atoms with Crippen molar-refractivity contribution in [2.75, 3.05) is 0 Å². The normalized spacial score (nSPS) is 21.5. The van der Waals surface area contributed by atoms with Crippen molar-refractivity contribution in [1.29, 1.82) is 0 Å². The number of carbonyl (C=O) groups is 1. The zero-order chi connectivity index (χ0) is 10.9. The Hall–Kier alpha value is 0.184. The van der Waals surface area contributed by atoms with E-state index in [4.69, 9.17) is 0 Å². The van der Waals surface area contributed by atoms with E-state index in [1.807, 2.05) is 0 Å². The molecule has 1 aliphatic carbocycles. The summed E-state index contributed by atoms with van der Waals surface area (Å²) in [6.07, 6.45) is 12.8. The van der Waals surface area contributed by atoms with Crippen LogP contribution in [0.5, 0.6) is 0 Å². The van der Waals surface area contributed by atoms with Gasteiger partial charge in [-0.15, -0.1) is 0 Å². The van der Waals surface area contributed by atoms with Crippen molar-refractivity contribution >= 4 is 5.91 Å². The van der Waals surface area contributed by atoms with E-state index >= 15 is 0 Å². The first kappa shape index (κ1) is 13.3. The number of hydrogen-bond donors (Lipinski definition) is 1. The summed E-state index contributed by atoms with van der Waals surface area (Å²) in [7, 11) is 0. The maximum absolute atomic E-state index is 11.6. The van der Waals surface area contributed by atoms with Gasteiger partial charge >= 0.3 is 105 Å². The number of carbonyl (C=O) groups excluding carboxylic acids is 1. The van der Waals surface area contributed by atoms with E-state index in [0.717, 1.165) is 12.8 Å². The Morgan fingerprint density at radius 3 is 1.67 bits per heavy atom. The Kier molecular flexibility index (Phi) is 7.38. The predicted octanol–water partition coefficient (Wildman–Crippen LogP) is 3.10. The average Bonchev–Trinajstić information content (AvgIpc) is 2.32. The van der Waals surface area contributed by atoms with Gasteiger partial charge in [-0.3, -0.25) is 0 Å². The van der Waals surface area contributed by atoms with Crippen LogP contribution in [0.15, 0.2) is 0 Å². The molecule has 1 amide bonds. The molecule has 85 valence electrons. The van der Waals surface area contributed by atoms with Crippen molar-refractivity contribution in [3.05, 3.63) is 0 Å². The molecule has 1 saturated carbocycles. The van der Waals surface area contributed by atoms with Crippen molar-refractivity contribution in [3.8, 4) is 0 Å². The van der Waals surface area contributed by atoms with Crippen LogP contribution in [-0.4, -0.2) is 5.91 Å². The molecule has 0 aromatic heterocycles. The third kappa shape index (κ3) is 5.72. The molecular formula is C12H22NOTi. The number of hydrogen-bond acceptors (Lipinski definition) is 1. The summed E-state index contributed by atoms with van der Waals surface area (Å²) in [5.74, 6) is 0.544. The van der Waals surface area contributed by atoms with E-state index in [9.17, 15) is 4.79 Å². The minimum absolute atomic E-state index is 0.259. The summed E-state index contributed by atoms with van der Waals surface area (Å²) < 4.78 is 2.80. The average molecular weight is 244 g/mol. The summed E-state index contributed by atoms with van der Waals surface area (Å²) in [6.45, 7) is 0. The van der Waals surface area contributed by atoms with Crippen LogP contribution in [-0.2, 0) is 25.5 Å². The Morgan fingerprint density at radius 1 is 0.867 bits per heavy atom. The molecule has 1 fully saturated rings. The summed E-state index contributed by atoms with van der Waals surface area (Å²) in [5.41, 5.74) is 0. The monoisotopic (exact) mass is 244 g/mol. The van der Waals surface area contributed by atoms with Gasteiger partial charge in [0.1, 0.15) is 0 Å². The Morgan fingerprint density at radius 2 is 1.27 bits per heavy atom. The van der Waals surface area contributed by atoms with E-state index < -0.39 is 0 Å². The summed E-state index contributed by atoms with van der Waals surface area (Å²) in [5, 5.41) is 0.